The van der Waals surface area contributed by atoms with Crippen molar-refractivity contribution in [1.29, 1.82) is 0 Å². The highest BCUT2D eigenvalue weighted by Gasteiger charge is 2.37. The molecule has 0 aromatic heterocycles. The van der Waals surface area contributed by atoms with Gasteiger partial charge in [-0.1, -0.05) is 6.07 Å². The Morgan fingerprint density at radius 2 is 2.19 bits per heavy atom. The van der Waals surface area contributed by atoms with Crippen molar-refractivity contribution in [2.75, 3.05) is 5.75 Å². The van der Waals surface area contributed by atoms with Crippen molar-refractivity contribution < 1.29 is 18.3 Å². The molecule has 1 unspecified atom stereocenters. The third-order valence-electron chi connectivity index (χ3n) is 2.74. The number of fused-ring (bicyclic) bond motifs is 1. The fourth-order valence-corrected chi connectivity index (χ4v) is 4.05. The van der Waals surface area contributed by atoms with Crippen molar-refractivity contribution in [3.05, 3.63) is 23.8 Å². The molecule has 0 spiro atoms. The fraction of sp³-hybridized carbons (Fsp3) is 0.364. The normalized spacial score (nSPS) is 21.7. The summed E-state index contributed by atoms with van der Waals surface area (Å²) in [4.78, 5) is 11.2. The van der Waals surface area contributed by atoms with E-state index in [9.17, 15) is 18.3 Å². The van der Waals surface area contributed by atoms with Crippen molar-refractivity contribution in [2.45, 2.75) is 24.2 Å². The molecule has 1 aliphatic heterocycles. The molecule has 86 valence electrons. The van der Waals surface area contributed by atoms with Gasteiger partial charge in [-0.15, -0.1) is 0 Å². The van der Waals surface area contributed by atoms with Gasteiger partial charge in [-0.05, 0) is 19.1 Å². The second-order valence-electron chi connectivity index (χ2n) is 4.07. The summed E-state index contributed by atoms with van der Waals surface area (Å²) < 4.78 is 23.5. The van der Waals surface area contributed by atoms with Crippen LogP contribution in [0.1, 0.15) is 24.8 Å². The zero-order valence-electron chi connectivity index (χ0n) is 8.80. The SMILES string of the molecule is CC(=O)CC1CS(=O)(=O)c2cccc(O)c21. The van der Waals surface area contributed by atoms with Crippen molar-refractivity contribution in [3.63, 3.8) is 0 Å². The van der Waals surface area contributed by atoms with E-state index in [1.165, 1.54) is 25.1 Å². The largest absolute Gasteiger partial charge is 0.508 e. The number of aromatic hydroxyl groups is 1. The summed E-state index contributed by atoms with van der Waals surface area (Å²) in [5.41, 5.74) is 0.401. The van der Waals surface area contributed by atoms with Crippen LogP contribution < -0.4 is 0 Å². The molecule has 1 N–H and O–H groups in total. The lowest BCUT2D eigenvalue weighted by Gasteiger charge is -2.08. The van der Waals surface area contributed by atoms with Gasteiger partial charge < -0.3 is 9.90 Å². The molecule has 1 aliphatic rings. The molecule has 0 aliphatic carbocycles. The Hall–Kier alpha value is -1.36. The molecule has 0 fully saturated rings. The fourth-order valence-electron chi connectivity index (χ4n) is 2.16. The van der Waals surface area contributed by atoms with E-state index >= 15 is 0 Å². The van der Waals surface area contributed by atoms with E-state index in [-0.39, 0.29) is 28.6 Å². The first-order chi connectivity index (χ1) is 7.42. The summed E-state index contributed by atoms with van der Waals surface area (Å²) in [7, 11) is -3.34. The number of Topliss-reactive ketones (excluding diaryl/α,β-unsaturated/α-hetero) is 1. The molecule has 0 saturated carbocycles. The summed E-state index contributed by atoms with van der Waals surface area (Å²) in [6, 6.07) is 4.43. The van der Waals surface area contributed by atoms with Crippen LogP contribution in [0.25, 0.3) is 0 Å². The molecular formula is C11H12O4S. The minimum Gasteiger partial charge on any atom is -0.508 e. The number of sulfone groups is 1. The van der Waals surface area contributed by atoms with Crippen LogP contribution in [0.2, 0.25) is 0 Å². The second kappa shape index (κ2) is 3.59. The van der Waals surface area contributed by atoms with Crippen LogP contribution in [0.3, 0.4) is 0 Å². The number of hydrogen-bond acceptors (Lipinski definition) is 4. The molecule has 16 heavy (non-hydrogen) atoms. The second-order valence-corrected chi connectivity index (χ2v) is 6.08. The van der Waals surface area contributed by atoms with Gasteiger partial charge in [0.05, 0.1) is 10.6 Å². The maximum atomic E-state index is 11.8. The number of hydrogen-bond donors (Lipinski definition) is 1. The van der Waals surface area contributed by atoms with E-state index in [4.69, 9.17) is 0 Å². The number of phenolic OH excluding ortho intramolecular Hbond substituents is 1. The third-order valence-corrected chi connectivity index (χ3v) is 4.61. The lowest BCUT2D eigenvalue weighted by molar-refractivity contribution is -0.117. The van der Waals surface area contributed by atoms with Crippen molar-refractivity contribution in [1.82, 2.24) is 0 Å². The Balaban J connectivity index is 2.56. The van der Waals surface area contributed by atoms with Crippen molar-refractivity contribution >= 4 is 15.6 Å². The molecule has 0 radical (unpaired) electrons. The number of ketones is 1. The molecule has 0 amide bonds. The first kappa shape index (κ1) is 11.1. The maximum Gasteiger partial charge on any atom is 0.179 e. The molecule has 1 aromatic rings. The Morgan fingerprint density at radius 1 is 1.50 bits per heavy atom. The van der Waals surface area contributed by atoms with Crippen LogP contribution in [0.5, 0.6) is 5.75 Å². The quantitative estimate of drug-likeness (QED) is 0.844. The van der Waals surface area contributed by atoms with Gasteiger partial charge in [0, 0.05) is 17.9 Å². The average molecular weight is 240 g/mol. The highest BCUT2D eigenvalue weighted by molar-refractivity contribution is 7.91. The predicted molar refractivity (Wildman–Crippen MR) is 58.2 cm³/mol. The Kier molecular flexibility index (Phi) is 2.50. The molecule has 1 heterocycles. The van der Waals surface area contributed by atoms with E-state index in [1.54, 1.807) is 0 Å². The summed E-state index contributed by atoms with van der Waals surface area (Å²) in [5.74, 6) is -0.598. The van der Waals surface area contributed by atoms with Crippen LogP contribution in [0.15, 0.2) is 23.1 Å². The van der Waals surface area contributed by atoms with Gasteiger partial charge in [-0.2, -0.15) is 0 Å². The summed E-state index contributed by atoms with van der Waals surface area (Å²) in [6.07, 6.45) is 0.157. The summed E-state index contributed by atoms with van der Waals surface area (Å²) in [6.45, 7) is 1.42. The number of rotatable bonds is 2. The van der Waals surface area contributed by atoms with Gasteiger partial charge in [0.1, 0.15) is 11.5 Å². The van der Waals surface area contributed by atoms with E-state index in [0.717, 1.165) is 0 Å². The molecule has 0 bridgehead atoms. The first-order valence-corrected chi connectivity index (χ1v) is 6.61. The number of benzene rings is 1. The van der Waals surface area contributed by atoms with Crippen molar-refractivity contribution in [3.8, 4) is 5.75 Å². The van der Waals surface area contributed by atoms with E-state index in [0.29, 0.717) is 5.56 Å². The van der Waals surface area contributed by atoms with Gasteiger partial charge in [0.2, 0.25) is 0 Å². The monoisotopic (exact) mass is 240 g/mol. The Labute approximate surface area is 93.8 Å². The number of phenols is 1. The zero-order valence-corrected chi connectivity index (χ0v) is 9.62. The third kappa shape index (κ3) is 1.71. The maximum absolute atomic E-state index is 11.8. The van der Waals surface area contributed by atoms with Gasteiger partial charge in [-0.25, -0.2) is 8.42 Å². The first-order valence-electron chi connectivity index (χ1n) is 4.96. The lowest BCUT2D eigenvalue weighted by Crippen LogP contribution is -2.07. The van der Waals surface area contributed by atoms with E-state index in [2.05, 4.69) is 0 Å². The lowest BCUT2D eigenvalue weighted by atomic mass is 9.95. The van der Waals surface area contributed by atoms with Crippen molar-refractivity contribution in [2.24, 2.45) is 0 Å². The topological polar surface area (TPSA) is 71.4 Å². The molecule has 0 saturated heterocycles. The Morgan fingerprint density at radius 3 is 2.81 bits per heavy atom. The predicted octanol–water partition coefficient (Wildman–Crippen LogP) is 1.24. The van der Waals surface area contributed by atoms with Gasteiger partial charge in [0.25, 0.3) is 0 Å². The molecule has 5 heteroatoms. The smallest absolute Gasteiger partial charge is 0.179 e. The highest BCUT2D eigenvalue weighted by Crippen LogP contribution is 2.41. The molecule has 1 aromatic carbocycles. The van der Waals surface area contributed by atoms with Crippen LogP contribution in [0.4, 0.5) is 0 Å². The zero-order chi connectivity index (χ0) is 11.9. The van der Waals surface area contributed by atoms with E-state index in [1.807, 2.05) is 0 Å². The molecule has 1 atom stereocenters. The number of carbonyl (C=O) groups excluding carboxylic acids is 1. The molecule has 4 nitrogen and oxygen atoms in total. The highest BCUT2D eigenvalue weighted by atomic mass is 32.2. The Bertz CT molecular complexity index is 545. The summed E-state index contributed by atoms with van der Waals surface area (Å²) >= 11 is 0. The molecule has 2 rings (SSSR count). The standard InChI is InChI=1S/C11H12O4S/c1-7(12)5-8-6-16(14,15)10-4-2-3-9(13)11(8)10/h2-4,8,13H,5-6H2,1H3. The number of carbonyl (C=O) groups is 1. The van der Waals surface area contributed by atoms with Gasteiger partial charge >= 0.3 is 0 Å². The molecular weight excluding hydrogens is 228 g/mol. The van der Waals surface area contributed by atoms with Gasteiger partial charge in [-0.3, -0.25) is 0 Å². The van der Waals surface area contributed by atoms with Crippen LogP contribution in [0, 0.1) is 0 Å². The summed E-state index contributed by atoms with van der Waals surface area (Å²) in [5, 5.41) is 9.67. The van der Waals surface area contributed by atoms with E-state index < -0.39 is 15.8 Å². The van der Waals surface area contributed by atoms with Crippen LogP contribution >= 0.6 is 0 Å². The average Bonchev–Trinajstić information content (AvgIpc) is 2.38. The van der Waals surface area contributed by atoms with Crippen LogP contribution in [-0.2, 0) is 14.6 Å². The minimum absolute atomic E-state index is 0.0372. The van der Waals surface area contributed by atoms with Crippen LogP contribution in [-0.4, -0.2) is 25.1 Å². The van der Waals surface area contributed by atoms with Gasteiger partial charge in [0.15, 0.2) is 9.84 Å². The minimum atomic E-state index is -3.34.